The van der Waals surface area contributed by atoms with Crippen LogP contribution in [0.25, 0.3) is 0 Å². The fraction of sp³-hybridized carbons (Fsp3) is 0.238. The minimum Gasteiger partial charge on any atom is -0.490 e. The van der Waals surface area contributed by atoms with Gasteiger partial charge in [-0.05, 0) is 36.2 Å². The van der Waals surface area contributed by atoms with Crippen LogP contribution in [0.5, 0.6) is 11.5 Å². The molecule has 1 fully saturated rings. The average Bonchev–Trinajstić information content (AvgIpc) is 3.07. The van der Waals surface area contributed by atoms with Gasteiger partial charge in [0.25, 0.3) is 0 Å². The number of hydrogen-bond donors (Lipinski definition) is 2. The fourth-order valence-corrected chi connectivity index (χ4v) is 3.54. The molecule has 2 N–H and O–H groups in total. The average molecular weight is 427 g/mol. The molecule has 156 valence electrons. The third kappa shape index (κ3) is 6.08. The van der Waals surface area contributed by atoms with Gasteiger partial charge >= 0.3 is 5.97 Å². The van der Waals surface area contributed by atoms with Crippen molar-refractivity contribution in [3.8, 4) is 11.5 Å². The number of rotatable bonds is 9. The van der Waals surface area contributed by atoms with Crippen molar-refractivity contribution >= 4 is 35.0 Å². The Labute approximate surface area is 178 Å². The molecule has 0 bridgehead atoms. The summed E-state index contributed by atoms with van der Waals surface area (Å²) >= 11 is 1.05. The second kappa shape index (κ2) is 10.4. The van der Waals surface area contributed by atoms with E-state index in [4.69, 9.17) is 14.6 Å². The van der Waals surface area contributed by atoms with Crippen molar-refractivity contribution in [2.75, 3.05) is 6.61 Å². The van der Waals surface area contributed by atoms with Gasteiger partial charge < -0.3 is 19.9 Å². The van der Waals surface area contributed by atoms with Crippen molar-refractivity contribution in [2.24, 2.45) is 10.2 Å². The summed E-state index contributed by atoms with van der Waals surface area (Å²) in [6.45, 7) is 2.80. The highest BCUT2D eigenvalue weighted by molar-refractivity contribution is 8.15. The van der Waals surface area contributed by atoms with Crippen LogP contribution in [-0.4, -0.2) is 40.2 Å². The van der Waals surface area contributed by atoms with Gasteiger partial charge in [0.2, 0.25) is 5.91 Å². The molecule has 8 nitrogen and oxygen atoms in total. The summed E-state index contributed by atoms with van der Waals surface area (Å²) in [5, 5.41) is 18.8. The molecule has 1 aliphatic heterocycles. The Hall–Kier alpha value is -3.33. The molecule has 1 atom stereocenters. The lowest BCUT2D eigenvalue weighted by Gasteiger charge is -2.12. The van der Waals surface area contributed by atoms with Crippen molar-refractivity contribution in [2.45, 2.75) is 25.2 Å². The maximum Gasteiger partial charge on any atom is 0.305 e. The highest BCUT2D eigenvalue weighted by Crippen LogP contribution is 2.29. The number of amidine groups is 1. The summed E-state index contributed by atoms with van der Waals surface area (Å²) in [6, 6.07) is 15.3. The molecule has 0 aliphatic carbocycles. The maximum absolute atomic E-state index is 11.7. The van der Waals surface area contributed by atoms with E-state index in [1.54, 1.807) is 12.1 Å². The van der Waals surface area contributed by atoms with Crippen LogP contribution in [0.1, 0.15) is 24.5 Å². The number of carbonyl (C=O) groups is 2. The van der Waals surface area contributed by atoms with E-state index in [0.29, 0.717) is 24.7 Å². The van der Waals surface area contributed by atoms with Crippen LogP contribution < -0.4 is 14.8 Å². The lowest BCUT2D eigenvalue weighted by molar-refractivity contribution is -0.138. The zero-order valence-electron chi connectivity index (χ0n) is 16.3. The number of ether oxygens (including phenoxy) is 2. The molecule has 0 aromatic heterocycles. The standard InChI is InChI=1S/C21H21N3O5S/c1-2-28-17-10-15(8-9-16(17)29-13-14-6-4-3-5-7-14)12-22-24-21-23-20(27)18(30-21)11-19(25)26/h3-10,12,18H,2,11,13H2,1H3,(H,25,26)(H,23,24,27)/b22-12+. The topological polar surface area (TPSA) is 110 Å². The minimum absolute atomic E-state index is 0.263. The van der Waals surface area contributed by atoms with Crippen LogP contribution in [0.4, 0.5) is 0 Å². The number of benzene rings is 2. The molecule has 0 radical (unpaired) electrons. The molecule has 0 saturated carbocycles. The number of carboxylic acids is 1. The van der Waals surface area contributed by atoms with E-state index in [-0.39, 0.29) is 17.5 Å². The van der Waals surface area contributed by atoms with Crippen molar-refractivity contribution < 1.29 is 24.2 Å². The number of carbonyl (C=O) groups excluding carboxylic acids is 1. The lowest BCUT2D eigenvalue weighted by Crippen LogP contribution is -2.26. The molecule has 9 heteroatoms. The van der Waals surface area contributed by atoms with Gasteiger partial charge in [0.15, 0.2) is 16.7 Å². The first-order valence-electron chi connectivity index (χ1n) is 9.29. The first-order chi connectivity index (χ1) is 14.5. The molecular formula is C21H21N3O5S. The maximum atomic E-state index is 11.7. The number of aliphatic carboxylic acids is 1. The predicted octanol–water partition coefficient (Wildman–Crippen LogP) is 3.06. The SMILES string of the molecule is CCOc1cc(/C=N/N=C2\NC(=O)C(CC(=O)O)S2)ccc1OCc1ccccc1. The second-order valence-electron chi connectivity index (χ2n) is 6.26. The van der Waals surface area contributed by atoms with E-state index < -0.39 is 11.2 Å². The molecule has 1 aliphatic rings. The van der Waals surface area contributed by atoms with Crippen LogP contribution in [0.2, 0.25) is 0 Å². The van der Waals surface area contributed by atoms with E-state index in [1.165, 1.54) is 6.21 Å². The quantitative estimate of drug-likeness (QED) is 0.470. The Balaban J connectivity index is 1.65. The Morgan fingerprint density at radius 2 is 2.00 bits per heavy atom. The number of nitrogens with one attached hydrogen (secondary N) is 1. The molecule has 3 rings (SSSR count). The van der Waals surface area contributed by atoms with Crippen LogP contribution in [-0.2, 0) is 16.2 Å². The van der Waals surface area contributed by atoms with Gasteiger partial charge in [0.1, 0.15) is 11.9 Å². The number of hydrogen-bond acceptors (Lipinski definition) is 7. The largest absolute Gasteiger partial charge is 0.490 e. The van der Waals surface area contributed by atoms with Crippen LogP contribution in [0.3, 0.4) is 0 Å². The molecular weight excluding hydrogens is 406 g/mol. The smallest absolute Gasteiger partial charge is 0.305 e. The highest BCUT2D eigenvalue weighted by atomic mass is 32.2. The summed E-state index contributed by atoms with van der Waals surface area (Å²) < 4.78 is 11.5. The predicted molar refractivity (Wildman–Crippen MR) is 115 cm³/mol. The second-order valence-corrected chi connectivity index (χ2v) is 7.45. The zero-order chi connectivity index (χ0) is 21.3. The summed E-state index contributed by atoms with van der Waals surface area (Å²) in [5.41, 5.74) is 1.80. The van der Waals surface area contributed by atoms with Crippen molar-refractivity contribution in [1.29, 1.82) is 0 Å². The molecule has 1 unspecified atom stereocenters. The van der Waals surface area contributed by atoms with Crippen LogP contribution in [0.15, 0.2) is 58.7 Å². The molecule has 1 amide bonds. The summed E-state index contributed by atoms with van der Waals surface area (Å²) in [7, 11) is 0. The highest BCUT2D eigenvalue weighted by Gasteiger charge is 2.32. The molecule has 2 aromatic carbocycles. The molecule has 2 aromatic rings. The van der Waals surface area contributed by atoms with E-state index >= 15 is 0 Å². The lowest BCUT2D eigenvalue weighted by atomic mass is 10.2. The number of thioether (sulfide) groups is 1. The summed E-state index contributed by atoms with van der Waals surface area (Å²) in [5.74, 6) is -0.199. The number of nitrogens with zero attached hydrogens (tertiary/aromatic N) is 2. The first-order valence-corrected chi connectivity index (χ1v) is 10.2. The number of amides is 1. The van der Waals surface area contributed by atoms with Crippen molar-refractivity contribution in [1.82, 2.24) is 5.32 Å². The minimum atomic E-state index is -1.04. The van der Waals surface area contributed by atoms with Crippen molar-refractivity contribution in [3.05, 3.63) is 59.7 Å². The van der Waals surface area contributed by atoms with Gasteiger partial charge in [-0.15, -0.1) is 5.10 Å². The Morgan fingerprint density at radius 1 is 1.20 bits per heavy atom. The van der Waals surface area contributed by atoms with Crippen LogP contribution >= 0.6 is 11.8 Å². The van der Waals surface area contributed by atoms with E-state index in [1.807, 2.05) is 43.3 Å². The fourth-order valence-electron chi connectivity index (χ4n) is 2.62. The van der Waals surface area contributed by atoms with E-state index in [0.717, 1.165) is 22.9 Å². The number of carboxylic acid groups (broad SMARTS) is 1. The van der Waals surface area contributed by atoms with Gasteiger partial charge in [0.05, 0.1) is 19.2 Å². The monoisotopic (exact) mass is 427 g/mol. The van der Waals surface area contributed by atoms with Crippen LogP contribution in [0, 0.1) is 0 Å². The third-order valence-electron chi connectivity index (χ3n) is 4.00. The van der Waals surface area contributed by atoms with E-state index in [9.17, 15) is 9.59 Å². The summed E-state index contributed by atoms with van der Waals surface area (Å²) in [6.07, 6.45) is 1.26. The summed E-state index contributed by atoms with van der Waals surface area (Å²) in [4.78, 5) is 22.5. The van der Waals surface area contributed by atoms with Gasteiger partial charge in [-0.2, -0.15) is 5.10 Å². The molecule has 1 saturated heterocycles. The third-order valence-corrected chi connectivity index (χ3v) is 5.07. The van der Waals surface area contributed by atoms with Crippen molar-refractivity contribution in [3.63, 3.8) is 0 Å². The first kappa shape index (κ1) is 21.4. The Bertz CT molecular complexity index is 962. The van der Waals surface area contributed by atoms with Gasteiger partial charge in [0, 0.05) is 0 Å². The molecule has 0 spiro atoms. The van der Waals surface area contributed by atoms with Gasteiger partial charge in [-0.1, -0.05) is 42.1 Å². The van der Waals surface area contributed by atoms with Gasteiger partial charge in [-0.25, -0.2) is 0 Å². The zero-order valence-corrected chi connectivity index (χ0v) is 17.1. The van der Waals surface area contributed by atoms with E-state index in [2.05, 4.69) is 15.5 Å². The normalized spacial score (nSPS) is 17.3. The molecule has 30 heavy (non-hydrogen) atoms. The van der Waals surface area contributed by atoms with Gasteiger partial charge in [-0.3, -0.25) is 9.59 Å². The Morgan fingerprint density at radius 3 is 2.73 bits per heavy atom. The molecule has 1 heterocycles. The Kier molecular flexibility index (Phi) is 7.45.